The molecule has 1 saturated carbocycles. The highest BCUT2D eigenvalue weighted by atomic mass is 35.5. The van der Waals surface area contributed by atoms with Crippen molar-refractivity contribution in [2.24, 2.45) is 17.8 Å². The Kier molecular flexibility index (Phi) is 6.18. The zero-order chi connectivity index (χ0) is 25.6. The van der Waals surface area contributed by atoms with Crippen molar-refractivity contribution >= 4 is 39.3 Å². The number of rotatable bonds is 6. The van der Waals surface area contributed by atoms with E-state index < -0.39 is 39.7 Å². The number of sulfonamides is 1. The van der Waals surface area contributed by atoms with E-state index in [1.807, 2.05) is 12.1 Å². The largest absolute Gasteiger partial charge is 0.481 e. The lowest BCUT2D eigenvalue weighted by atomic mass is 9.84. The number of nitrogens with zero attached hydrogens (tertiary/aromatic N) is 1. The van der Waals surface area contributed by atoms with E-state index >= 15 is 0 Å². The van der Waals surface area contributed by atoms with Crippen molar-refractivity contribution in [3.8, 4) is 11.1 Å². The van der Waals surface area contributed by atoms with Crippen LogP contribution in [0.2, 0.25) is 5.02 Å². The average Bonchev–Trinajstić information content (AvgIpc) is 3.38. The van der Waals surface area contributed by atoms with Crippen molar-refractivity contribution in [3.05, 3.63) is 88.9 Å². The first kappa shape index (κ1) is 24.2. The van der Waals surface area contributed by atoms with Gasteiger partial charge in [0, 0.05) is 23.0 Å². The Balaban J connectivity index is 1.36. The van der Waals surface area contributed by atoms with Crippen LogP contribution in [0.1, 0.15) is 33.6 Å². The highest BCUT2D eigenvalue weighted by Crippen LogP contribution is 2.42. The predicted octanol–water partition coefficient (Wildman–Crippen LogP) is 4.76. The van der Waals surface area contributed by atoms with E-state index in [0.29, 0.717) is 23.4 Å². The van der Waals surface area contributed by atoms with Crippen LogP contribution in [0.25, 0.3) is 11.1 Å². The fourth-order valence-electron chi connectivity index (χ4n) is 5.26. The number of carboxylic acid groups (broad SMARTS) is 1. The average molecular weight is 524 g/mol. The van der Waals surface area contributed by atoms with Crippen LogP contribution in [0.15, 0.2) is 77.7 Å². The first-order valence-corrected chi connectivity index (χ1v) is 13.3. The number of hydrogen-bond acceptors (Lipinski definition) is 5. The van der Waals surface area contributed by atoms with E-state index in [1.54, 1.807) is 42.5 Å². The number of fused-ring (bicyclic) bond motifs is 1. The Morgan fingerprint density at radius 1 is 0.917 bits per heavy atom. The summed E-state index contributed by atoms with van der Waals surface area (Å²) in [5.74, 6) is -4.71. The molecular weight excluding hydrogens is 502 g/mol. The summed E-state index contributed by atoms with van der Waals surface area (Å²) in [6, 6.07) is 20.1. The Morgan fingerprint density at radius 3 is 2.14 bits per heavy atom. The minimum atomic E-state index is -4.06. The van der Waals surface area contributed by atoms with Gasteiger partial charge in [-0.25, -0.2) is 12.7 Å². The number of hydrogen-bond donors (Lipinski definition) is 1. The monoisotopic (exact) mass is 523 g/mol. The second-order valence-corrected chi connectivity index (χ2v) is 11.4. The summed E-state index contributed by atoms with van der Waals surface area (Å²) in [5, 5.41) is 10.6. The lowest BCUT2D eigenvalue weighted by molar-refractivity contribution is -0.144. The van der Waals surface area contributed by atoms with Crippen LogP contribution in [0.3, 0.4) is 0 Å². The molecule has 1 N–H and O–H groups in total. The number of ketones is 1. The standard InChI is InChI=1S/C27H22ClNO6S/c28-20-12-9-17(10-13-20)16-5-7-18(8-6-16)25(30)22-14-11-19(24(22)27(32)33)15-29-26(31)21-3-1-2-4-23(21)36(29,34)35/h1-10,12-13,19,22,24H,11,14-15H2,(H,32,33). The van der Waals surface area contributed by atoms with Gasteiger partial charge < -0.3 is 5.11 Å². The van der Waals surface area contributed by atoms with Crippen LogP contribution >= 0.6 is 11.6 Å². The van der Waals surface area contributed by atoms with Gasteiger partial charge in [-0.05, 0) is 54.2 Å². The summed E-state index contributed by atoms with van der Waals surface area (Å²) in [5.41, 5.74) is 2.29. The molecule has 1 amide bonds. The summed E-state index contributed by atoms with van der Waals surface area (Å²) < 4.78 is 26.6. The maximum atomic E-state index is 13.3. The number of Topliss-reactive ketones (excluding diaryl/α,β-unsaturated/α-hetero) is 1. The molecule has 1 aliphatic carbocycles. The van der Waals surface area contributed by atoms with Crippen molar-refractivity contribution in [3.63, 3.8) is 0 Å². The molecule has 0 bridgehead atoms. The third-order valence-corrected chi connectivity index (χ3v) is 9.13. The summed E-state index contributed by atoms with van der Waals surface area (Å²) in [7, 11) is -4.06. The molecule has 3 unspecified atom stereocenters. The van der Waals surface area contributed by atoms with Crippen molar-refractivity contribution in [2.75, 3.05) is 6.54 Å². The van der Waals surface area contributed by atoms with Crippen LogP contribution in [0.5, 0.6) is 0 Å². The predicted molar refractivity (Wildman–Crippen MR) is 133 cm³/mol. The van der Waals surface area contributed by atoms with Crippen LogP contribution in [0, 0.1) is 17.8 Å². The van der Waals surface area contributed by atoms with Crippen LogP contribution in [-0.2, 0) is 14.8 Å². The fraction of sp³-hybridized carbons (Fsp3) is 0.222. The van der Waals surface area contributed by atoms with Crippen molar-refractivity contribution in [1.82, 2.24) is 4.31 Å². The Hall–Kier alpha value is -3.49. The molecule has 1 fully saturated rings. The molecule has 0 spiro atoms. The molecule has 1 heterocycles. The Morgan fingerprint density at radius 2 is 1.53 bits per heavy atom. The van der Waals surface area contributed by atoms with Gasteiger partial charge in [0.25, 0.3) is 15.9 Å². The van der Waals surface area contributed by atoms with E-state index in [-0.39, 0.29) is 22.8 Å². The molecule has 2 aliphatic rings. The Bertz CT molecular complexity index is 1470. The molecule has 184 valence electrons. The van der Waals surface area contributed by atoms with E-state index in [1.165, 1.54) is 18.2 Å². The SMILES string of the molecule is O=C(c1ccc(-c2ccc(Cl)cc2)cc1)C1CCC(CN2C(=O)c3ccccc3S2(=O)=O)C1C(=O)O. The molecule has 5 rings (SSSR count). The maximum Gasteiger partial charge on any atom is 0.307 e. The van der Waals surface area contributed by atoms with Gasteiger partial charge in [-0.2, -0.15) is 0 Å². The number of halogens is 1. The highest BCUT2D eigenvalue weighted by Gasteiger charge is 2.49. The van der Waals surface area contributed by atoms with Crippen LogP contribution < -0.4 is 0 Å². The molecule has 7 nitrogen and oxygen atoms in total. The Labute approximate surface area is 213 Å². The normalized spacial score (nSPS) is 22.4. The molecule has 36 heavy (non-hydrogen) atoms. The molecule has 3 aromatic rings. The van der Waals surface area contributed by atoms with E-state index in [4.69, 9.17) is 11.6 Å². The number of carboxylic acids is 1. The molecule has 3 aromatic carbocycles. The number of carbonyl (C=O) groups excluding carboxylic acids is 2. The van der Waals surface area contributed by atoms with Gasteiger partial charge in [-0.15, -0.1) is 0 Å². The van der Waals surface area contributed by atoms with Gasteiger partial charge in [-0.1, -0.05) is 60.1 Å². The minimum Gasteiger partial charge on any atom is -0.481 e. The van der Waals surface area contributed by atoms with Crippen LogP contribution in [-0.4, -0.2) is 42.0 Å². The minimum absolute atomic E-state index is 0.0757. The van der Waals surface area contributed by atoms with E-state index in [2.05, 4.69) is 0 Å². The third kappa shape index (κ3) is 4.10. The summed E-state index contributed by atoms with van der Waals surface area (Å²) >= 11 is 5.94. The lowest BCUT2D eigenvalue weighted by Crippen LogP contribution is -2.39. The zero-order valence-electron chi connectivity index (χ0n) is 19.0. The number of carbonyl (C=O) groups is 3. The second kappa shape index (κ2) is 9.19. The second-order valence-electron chi connectivity index (χ2n) is 9.09. The van der Waals surface area contributed by atoms with E-state index in [0.717, 1.165) is 15.4 Å². The first-order valence-electron chi connectivity index (χ1n) is 11.5. The summed E-state index contributed by atoms with van der Waals surface area (Å²) in [6.07, 6.45) is 0.625. The molecule has 3 atom stereocenters. The molecule has 0 saturated heterocycles. The van der Waals surface area contributed by atoms with Gasteiger partial charge in [-0.3, -0.25) is 14.4 Å². The molecule has 1 aliphatic heterocycles. The molecular formula is C27H22ClNO6S. The summed E-state index contributed by atoms with van der Waals surface area (Å²) in [6.45, 7) is -0.272. The lowest BCUT2D eigenvalue weighted by Gasteiger charge is -2.24. The van der Waals surface area contributed by atoms with Gasteiger partial charge in [0.2, 0.25) is 0 Å². The molecule has 0 aromatic heterocycles. The van der Waals surface area contributed by atoms with Crippen molar-refractivity contribution in [2.45, 2.75) is 17.7 Å². The number of aliphatic carboxylic acids is 1. The fourth-order valence-corrected chi connectivity index (χ4v) is 7.01. The number of benzene rings is 3. The van der Waals surface area contributed by atoms with E-state index in [9.17, 15) is 27.9 Å². The topological polar surface area (TPSA) is 109 Å². The smallest absolute Gasteiger partial charge is 0.307 e. The highest BCUT2D eigenvalue weighted by molar-refractivity contribution is 7.90. The number of amides is 1. The zero-order valence-corrected chi connectivity index (χ0v) is 20.6. The maximum absolute atomic E-state index is 13.3. The third-order valence-electron chi connectivity index (χ3n) is 7.07. The van der Waals surface area contributed by atoms with Gasteiger partial charge >= 0.3 is 5.97 Å². The van der Waals surface area contributed by atoms with Crippen molar-refractivity contribution < 1.29 is 27.9 Å². The van der Waals surface area contributed by atoms with Gasteiger partial charge in [0.05, 0.1) is 11.5 Å². The van der Waals surface area contributed by atoms with Gasteiger partial charge in [0.1, 0.15) is 4.90 Å². The molecule has 9 heteroatoms. The van der Waals surface area contributed by atoms with Crippen LogP contribution in [0.4, 0.5) is 0 Å². The van der Waals surface area contributed by atoms with Crippen molar-refractivity contribution in [1.29, 1.82) is 0 Å². The molecule has 0 radical (unpaired) electrons. The quantitative estimate of drug-likeness (QED) is 0.466. The van der Waals surface area contributed by atoms with Gasteiger partial charge in [0.15, 0.2) is 5.78 Å². The summed E-state index contributed by atoms with van der Waals surface area (Å²) in [4.78, 5) is 38.3. The first-order chi connectivity index (χ1) is 17.2.